The molecule has 0 saturated carbocycles. The Morgan fingerprint density at radius 2 is 2.29 bits per heavy atom. The van der Waals surface area contributed by atoms with Crippen LogP contribution in [-0.2, 0) is 14.3 Å². The van der Waals surface area contributed by atoms with E-state index in [0.717, 1.165) is 12.8 Å². The maximum absolute atomic E-state index is 12.0. The van der Waals surface area contributed by atoms with E-state index in [2.05, 4.69) is 5.32 Å². The van der Waals surface area contributed by atoms with Crippen LogP contribution in [0.25, 0.3) is 0 Å². The number of likely N-dealkylation sites (tertiary alicyclic amines) is 1. The van der Waals surface area contributed by atoms with Gasteiger partial charge in [-0.25, -0.2) is 0 Å². The highest BCUT2D eigenvalue weighted by atomic mass is 16.5. The second-order valence-electron chi connectivity index (χ2n) is 4.20. The van der Waals surface area contributed by atoms with Gasteiger partial charge in [-0.1, -0.05) is 0 Å². The van der Waals surface area contributed by atoms with E-state index >= 15 is 0 Å². The van der Waals surface area contributed by atoms with Gasteiger partial charge in [0, 0.05) is 33.8 Å². The summed E-state index contributed by atoms with van der Waals surface area (Å²) in [6.45, 7) is 1.29. The molecule has 6 heteroatoms. The number of nitrogens with zero attached hydrogens (tertiary/aromatic N) is 1. The van der Waals surface area contributed by atoms with E-state index in [4.69, 9.17) is 10.5 Å². The van der Waals surface area contributed by atoms with Crippen LogP contribution in [0.1, 0.15) is 12.8 Å². The Hall–Kier alpha value is -1.14. The van der Waals surface area contributed by atoms with Crippen molar-refractivity contribution in [3.63, 3.8) is 0 Å². The molecule has 0 spiro atoms. The molecule has 0 aromatic heterocycles. The molecule has 0 aromatic rings. The second kappa shape index (κ2) is 6.56. The molecule has 2 atom stereocenters. The summed E-state index contributed by atoms with van der Waals surface area (Å²) in [5, 5.41) is 2.62. The number of nitrogens with one attached hydrogen (secondary N) is 1. The highest BCUT2D eigenvalue weighted by Crippen LogP contribution is 2.17. The number of rotatable bonds is 4. The molecular formula is C11H21N3O3. The van der Waals surface area contributed by atoms with E-state index in [0.29, 0.717) is 13.1 Å². The van der Waals surface area contributed by atoms with Crippen molar-refractivity contribution in [2.45, 2.75) is 18.9 Å². The Morgan fingerprint density at radius 3 is 2.82 bits per heavy atom. The lowest BCUT2D eigenvalue weighted by Crippen LogP contribution is -2.50. The van der Waals surface area contributed by atoms with Crippen molar-refractivity contribution in [1.29, 1.82) is 0 Å². The lowest BCUT2D eigenvalue weighted by Gasteiger charge is -2.33. The zero-order valence-electron chi connectivity index (χ0n) is 10.4. The summed E-state index contributed by atoms with van der Waals surface area (Å²) >= 11 is 0. The van der Waals surface area contributed by atoms with E-state index < -0.39 is 6.10 Å². The largest absolute Gasteiger partial charge is 0.370 e. The number of piperidine rings is 1. The number of methoxy groups -OCH3 is 1. The predicted octanol–water partition coefficient (Wildman–Crippen LogP) is -1.06. The molecule has 1 aliphatic rings. The average molecular weight is 243 g/mol. The zero-order chi connectivity index (χ0) is 12.8. The highest BCUT2D eigenvalue weighted by Gasteiger charge is 2.30. The van der Waals surface area contributed by atoms with Crippen molar-refractivity contribution >= 4 is 11.8 Å². The highest BCUT2D eigenvalue weighted by molar-refractivity contribution is 5.83. The minimum absolute atomic E-state index is 0.00999. The van der Waals surface area contributed by atoms with Crippen LogP contribution in [0, 0.1) is 5.92 Å². The molecule has 1 aliphatic heterocycles. The molecule has 0 bridgehead atoms. The van der Waals surface area contributed by atoms with Gasteiger partial charge in [0.05, 0.1) is 5.92 Å². The van der Waals surface area contributed by atoms with Gasteiger partial charge in [0.15, 0.2) is 0 Å². The van der Waals surface area contributed by atoms with Gasteiger partial charge in [-0.2, -0.15) is 0 Å². The third kappa shape index (κ3) is 3.41. The first-order valence-corrected chi connectivity index (χ1v) is 5.87. The van der Waals surface area contributed by atoms with E-state index in [1.54, 1.807) is 11.9 Å². The summed E-state index contributed by atoms with van der Waals surface area (Å²) in [4.78, 5) is 25.2. The number of ether oxygens (including phenoxy) is 1. The van der Waals surface area contributed by atoms with Gasteiger partial charge >= 0.3 is 0 Å². The van der Waals surface area contributed by atoms with Crippen LogP contribution in [0.2, 0.25) is 0 Å². The fourth-order valence-electron chi connectivity index (χ4n) is 2.10. The topological polar surface area (TPSA) is 84.7 Å². The van der Waals surface area contributed by atoms with Gasteiger partial charge in [0.2, 0.25) is 5.91 Å². The summed E-state index contributed by atoms with van der Waals surface area (Å²) in [6.07, 6.45) is 1.06. The van der Waals surface area contributed by atoms with Gasteiger partial charge < -0.3 is 20.7 Å². The fraction of sp³-hybridized carbons (Fsp3) is 0.818. The van der Waals surface area contributed by atoms with Crippen molar-refractivity contribution in [3.8, 4) is 0 Å². The minimum Gasteiger partial charge on any atom is -0.370 e. The number of hydrogen-bond donors (Lipinski definition) is 2. The van der Waals surface area contributed by atoms with Gasteiger partial charge in [-0.3, -0.25) is 9.59 Å². The Morgan fingerprint density at radius 1 is 1.59 bits per heavy atom. The number of carbonyl (C=O) groups excluding carboxylic acids is 2. The van der Waals surface area contributed by atoms with Crippen LogP contribution in [0.3, 0.4) is 0 Å². The molecule has 0 aromatic carbocycles. The Kier molecular flexibility index (Phi) is 5.37. The number of carbonyl (C=O) groups is 2. The standard InChI is InChI=1S/C11H21N3O3/c1-13-10(15)8-4-3-5-14(7-8)11(16)9(6-12)17-2/h8-9H,3-7,12H2,1-2H3,(H,13,15). The maximum Gasteiger partial charge on any atom is 0.253 e. The third-order valence-corrected chi connectivity index (χ3v) is 3.12. The molecule has 0 aliphatic carbocycles. The monoisotopic (exact) mass is 243 g/mol. The normalized spacial score (nSPS) is 22.1. The van der Waals surface area contributed by atoms with Crippen LogP contribution in [0.4, 0.5) is 0 Å². The van der Waals surface area contributed by atoms with Gasteiger partial charge in [0.1, 0.15) is 6.10 Å². The minimum atomic E-state index is -0.599. The fourth-order valence-corrected chi connectivity index (χ4v) is 2.10. The van der Waals surface area contributed by atoms with Gasteiger partial charge in [-0.15, -0.1) is 0 Å². The molecule has 0 radical (unpaired) electrons. The first-order valence-electron chi connectivity index (χ1n) is 5.87. The summed E-state index contributed by atoms with van der Waals surface area (Å²) in [7, 11) is 3.08. The molecule has 6 nitrogen and oxygen atoms in total. The summed E-state index contributed by atoms with van der Waals surface area (Å²) < 4.78 is 5.02. The molecule has 1 saturated heterocycles. The van der Waals surface area contributed by atoms with Gasteiger partial charge in [-0.05, 0) is 12.8 Å². The molecular weight excluding hydrogens is 222 g/mol. The molecule has 3 N–H and O–H groups in total. The SMILES string of the molecule is CNC(=O)C1CCCN(C(=O)C(CN)OC)C1. The number of hydrogen-bond acceptors (Lipinski definition) is 4. The van der Waals surface area contributed by atoms with Crippen molar-refractivity contribution in [2.75, 3.05) is 33.8 Å². The summed E-state index contributed by atoms with van der Waals surface area (Å²) in [5.41, 5.74) is 5.46. The Labute approximate surface area is 101 Å². The van der Waals surface area contributed by atoms with E-state index in [-0.39, 0.29) is 24.3 Å². The van der Waals surface area contributed by atoms with Crippen molar-refractivity contribution < 1.29 is 14.3 Å². The molecule has 2 unspecified atom stereocenters. The Balaban J connectivity index is 2.60. The first-order chi connectivity index (χ1) is 8.13. The lowest BCUT2D eigenvalue weighted by molar-refractivity contribution is -0.144. The third-order valence-electron chi connectivity index (χ3n) is 3.12. The molecule has 17 heavy (non-hydrogen) atoms. The van der Waals surface area contributed by atoms with Crippen LogP contribution in [0.15, 0.2) is 0 Å². The quantitative estimate of drug-likeness (QED) is 0.659. The molecule has 98 valence electrons. The zero-order valence-corrected chi connectivity index (χ0v) is 10.4. The molecule has 1 heterocycles. The molecule has 1 fully saturated rings. The molecule has 2 amide bonds. The second-order valence-corrected chi connectivity index (χ2v) is 4.20. The van der Waals surface area contributed by atoms with Gasteiger partial charge in [0.25, 0.3) is 5.91 Å². The van der Waals surface area contributed by atoms with Crippen molar-refractivity contribution in [3.05, 3.63) is 0 Å². The van der Waals surface area contributed by atoms with Crippen molar-refractivity contribution in [2.24, 2.45) is 11.7 Å². The van der Waals surface area contributed by atoms with Crippen LogP contribution < -0.4 is 11.1 Å². The van der Waals surface area contributed by atoms with E-state index in [1.165, 1.54) is 7.11 Å². The number of nitrogens with two attached hydrogens (primary N) is 1. The van der Waals surface area contributed by atoms with Crippen molar-refractivity contribution in [1.82, 2.24) is 10.2 Å². The van der Waals surface area contributed by atoms with Crippen LogP contribution >= 0.6 is 0 Å². The number of amides is 2. The lowest BCUT2D eigenvalue weighted by atomic mass is 9.97. The first kappa shape index (κ1) is 13.9. The van der Waals surface area contributed by atoms with Crippen LogP contribution in [-0.4, -0.2) is 56.6 Å². The van der Waals surface area contributed by atoms with Crippen LogP contribution in [0.5, 0.6) is 0 Å². The van der Waals surface area contributed by atoms with E-state index in [1.807, 2.05) is 0 Å². The maximum atomic E-state index is 12.0. The average Bonchev–Trinajstić information content (AvgIpc) is 2.39. The predicted molar refractivity (Wildman–Crippen MR) is 63.2 cm³/mol. The Bertz CT molecular complexity index is 279. The summed E-state index contributed by atoms with van der Waals surface area (Å²) in [6, 6.07) is 0. The van der Waals surface area contributed by atoms with E-state index in [9.17, 15) is 9.59 Å². The molecule has 1 rings (SSSR count). The summed E-state index contributed by atoms with van der Waals surface area (Å²) in [5.74, 6) is -0.249. The smallest absolute Gasteiger partial charge is 0.253 e.